The summed E-state index contributed by atoms with van der Waals surface area (Å²) in [4.78, 5) is 16.1. The SMILES string of the molecule is O=C(/C=C/c1ccccn1)NCc1cccc(OCc2ccccc2)c1. The zero-order valence-corrected chi connectivity index (χ0v) is 14.3. The van der Waals surface area contributed by atoms with Crippen molar-refractivity contribution in [2.75, 3.05) is 0 Å². The third kappa shape index (κ3) is 5.60. The van der Waals surface area contributed by atoms with Crippen molar-refractivity contribution in [2.24, 2.45) is 0 Å². The average molecular weight is 344 g/mol. The van der Waals surface area contributed by atoms with Crippen molar-refractivity contribution >= 4 is 12.0 Å². The van der Waals surface area contributed by atoms with Gasteiger partial charge in [-0.05, 0) is 41.5 Å². The second kappa shape index (κ2) is 9.18. The van der Waals surface area contributed by atoms with E-state index in [1.165, 1.54) is 6.08 Å². The molecule has 0 aliphatic carbocycles. The van der Waals surface area contributed by atoms with E-state index in [1.807, 2.05) is 72.8 Å². The molecule has 3 aromatic rings. The van der Waals surface area contributed by atoms with Crippen molar-refractivity contribution < 1.29 is 9.53 Å². The second-order valence-corrected chi connectivity index (χ2v) is 5.73. The maximum Gasteiger partial charge on any atom is 0.244 e. The molecule has 26 heavy (non-hydrogen) atoms. The number of carbonyl (C=O) groups is 1. The van der Waals surface area contributed by atoms with Gasteiger partial charge in [-0.3, -0.25) is 9.78 Å². The van der Waals surface area contributed by atoms with Crippen LogP contribution in [-0.4, -0.2) is 10.9 Å². The first-order valence-electron chi connectivity index (χ1n) is 8.42. The van der Waals surface area contributed by atoms with E-state index in [4.69, 9.17) is 4.74 Å². The Hall–Kier alpha value is -3.40. The van der Waals surface area contributed by atoms with Crippen molar-refractivity contribution in [3.8, 4) is 5.75 Å². The summed E-state index contributed by atoms with van der Waals surface area (Å²) < 4.78 is 5.81. The van der Waals surface area contributed by atoms with Crippen molar-refractivity contribution in [3.63, 3.8) is 0 Å². The van der Waals surface area contributed by atoms with Gasteiger partial charge in [-0.1, -0.05) is 48.5 Å². The fourth-order valence-electron chi connectivity index (χ4n) is 2.37. The Morgan fingerprint density at radius 3 is 2.58 bits per heavy atom. The molecule has 130 valence electrons. The fourth-order valence-corrected chi connectivity index (χ4v) is 2.37. The number of pyridine rings is 1. The lowest BCUT2D eigenvalue weighted by molar-refractivity contribution is -0.116. The van der Waals surface area contributed by atoms with Gasteiger partial charge in [-0.15, -0.1) is 0 Å². The molecule has 0 atom stereocenters. The van der Waals surface area contributed by atoms with Crippen LogP contribution in [0, 0.1) is 0 Å². The number of carbonyl (C=O) groups excluding carboxylic acids is 1. The molecule has 4 nitrogen and oxygen atoms in total. The van der Waals surface area contributed by atoms with E-state index in [-0.39, 0.29) is 5.91 Å². The number of nitrogens with one attached hydrogen (secondary N) is 1. The summed E-state index contributed by atoms with van der Waals surface area (Å²) in [5.41, 5.74) is 2.85. The molecule has 0 radical (unpaired) electrons. The van der Waals surface area contributed by atoms with Crippen molar-refractivity contribution in [1.82, 2.24) is 10.3 Å². The molecule has 1 heterocycles. The summed E-state index contributed by atoms with van der Waals surface area (Å²) >= 11 is 0. The highest BCUT2D eigenvalue weighted by atomic mass is 16.5. The van der Waals surface area contributed by atoms with E-state index in [1.54, 1.807) is 12.3 Å². The molecule has 4 heteroatoms. The summed E-state index contributed by atoms with van der Waals surface area (Å²) in [5, 5.41) is 2.86. The van der Waals surface area contributed by atoms with Gasteiger partial charge in [-0.25, -0.2) is 0 Å². The monoisotopic (exact) mass is 344 g/mol. The summed E-state index contributed by atoms with van der Waals surface area (Å²) in [7, 11) is 0. The zero-order chi connectivity index (χ0) is 18.0. The van der Waals surface area contributed by atoms with Crippen LogP contribution in [0.25, 0.3) is 6.08 Å². The first kappa shape index (κ1) is 17.4. The first-order valence-corrected chi connectivity index (χ1v) is 8.42. The van der Waals surface area contributed by atoms with Crippen LogP contribution in [0.2, 0.25) is 0 Å². The second-order valence-electron chi connectivity index (χ2n) is 5.73. The highest BCUT2D eigenvalue weighted by molar-refractivity contribution is 5.91. The highest BCUT2D eigenvalue weighted by Gasteiger charge is 2.00. The van der Waals surface area contributed by atoms with E-state index in [0.717, 1.165) is 22.6 Å². The van der Waals surface area contributed by atoms with Crippen molar-refractivity contribution in [2.45, 2.75) is 13.2 Å². The number of hydrogen-bond donors (Lipinski definition) is 1. The first-order chi connectivity index (χ1) is 12.8. The number of amides is 1. The van der Waals surface area contributed by atoms with Crippen LogP contribution in [0.4, 0.5) is 0 Å². The van der Waals surface area contributed by atoms with E-state index in [9.17, 15) is 4.79 Å². The molecule has 1 N–H and O–H groups in total. The fraction of sp³-hybridized carbons (Fsp3) is 0.0909. The van der Waals surface area contributed by atoms with Crippen LogP contribution in [-0.2, 0) is 17.9 Å². The van der Waals surface area contributed by atoms with Gasteiger partial charge in [0, 0.05) is 18.8 Å². The van der Waals surface area contributed by atoms with Crippen LogP contribution < -0.4 is 10.1 Å². The molecular formula is C22H20N2O2. The Balaban J connectivity index is 1.50. The van der Waals surface area contributed by atoms with Gasteiger partial charge < -0.3 is 10.1 Å². The molecule has 3 rings (SSSR count). The van der Waals surface area contributed by atoms with Gasteiger partial charge in [0.05, 0.1) is 5.69 Å². The van der Waals surface area contributed by atoms with E-state index in [2.05, 4.69) is 10.3 Å². The number of rotatable bonds is 7. The molecule has 0 saturated heterocycles. The number of nitrogens with zero attached hydrogens (tertiary/aromatic N) is 1. The lowest BCUT2D eigenvalue weighted by Gasteiger charge is -2.08. The summed E-state index contributed by atoms with van der Waals surface area (Å²) in [5.74, 6) is 0.621. The molecule has 0 unspecified atom stereocenters. The quantitative estimate of drug-likeness (QED) is 0.659. The van der Waals surface area contributed by atoms with Gasteiger partial charge in [-0.2, -0.15) is 0 Å². The van der Waals surface area contributed by atoms with Crippen LogP contribution in [0.5, 0.6) is 5.75 Å². The van der Waals surface area contributed by atoms with Crippen LogP contribution >= 0.6 is 0 Å². The molecule has 0 saturated carbocycles. The minimum atomic E-state index is -0.161. The number of benzene rings is 2. The summed E-state index contributed by atoms with van der Waals surface area (Å²) in [6.07, 6.45) is 4.87. The normalized spacial score (nSPS) is 10.6. The minimum Gasteiger partial charge on any atom is -0.489 e. The van der Waals surface area contributed by atoms with Gasteiger partial charge >= 0.3 is 0 Å². The molecular weight excluding hydrogens is 324 g/mol. The Bertz CT molecular complexity index is 862. The van der Waals surface area contributed by atoms with Gasteiger partial charge in [0.25, 0.3) is 0 Å². The predicted molar refractivity (Wildman–Crippen MR) is 102 cm³/mol. The maximum absolute atomic E-state index is 11.9. The molecule has 1 amide bonds. The van der Waals surface area contributed by atoms with Crippen LogP contribution in [0.3, 0.4) is 0 Å². The minimum absolute atomic E-state index is 0.161. The van der Waals surface area contributed by atoms with Crippen molar-refractivity contribution in [1.29, 1.82) is 0 Å². The van der Waals surface area contributed by atoms with Crippen molar-refractivity contribution in [3.05, 3.63) is 102 Å². The average Bonchev–Trinajstić information content (AvgIpc) is 2.71. The standard InChI is InChI=1S/C22H20N2O2/c25-22(13-12-20-10-4-5-14-23-20)24-16-19-9-6-11-21(15-19)26-17-18-7-2-1-3-8-18/h1-15H,16-17H2,(H,24,25)/b13-12+. The summed E-state index contributed by atoms with van der Waals surface area (Å²) in [6.45, 7) is 0.956. The third-order valence-electron chi connectivity index (χ3n) is 3.71. The van der Waals surface area contributed by atoms with Crippen LogP contribution in [0.15, 0.2) is 85.1 Å². The molecule has 1 aromatic heterocycles. The Kier molecular flexibility index (Phi) is 6.15. The molecule has 0 fully saturated rings. The Morgan fingerprint density at radius 1 is 0.962 bits per heavy atom. The van der Waals surface area contributed by atoms with Gasteiger partial charge in [0.15, 0.2) is 0 Å². The Morgan fingerprint density at radius 2 is 1.77 bits per heavy atom. The lowest BCUT2D eigenvalue weighted by atomic mass is 10.2. The molecule has 0 bridgehead atoms. The van der Waals surface area contributed by atoms with Crippen LogP contribution in [0.1, 0.15) is 16.8 Å². The van der Waals surface area contributed by atoms with E-state index < -0.39 is 0 Å². The maximum atomic E-state index is 11.9. The van der Waals surface area contributed by atoms with E-state index >= 15 is 0 Å². The molecule has 0 aliphatic heterocycles. The zero-order valence-electron chi connectivity index (χ0n) is 14.3. The van der Waals surface area contributed by atoms with Gasteiger partial charge in [0.1, 0.15) is 12.4 Å². The third-order valence-corrected chi connectivity index (χ3v) is 3.71. The smallest absolute Gasteiger partial charge is 0.244 e. The van der Waals surface area contributed by atoms with Gasteiger partial charge in [0.2, 0.25) is 5.91 Å². The van der Waals surface area contributed by atoms with E-state index in [0.29, 0.717) is 13.2 Å². The molecule has 0 spiro atoms. The molecule has 2 aromatic carbocycles. The highest BCUT2D eigenvalue weighted by Crippen LogP contribution is 2.15. The number of ether oxygens (including phenoxy) is 1. The number of hydrogen-bond acceptors (Lipinski definition) is 3. The Labute approximate surface area is 153 Å². The lowest BCUT2D eigenvalue weighted by Crippen LogP contribution is -2.20. The topological polar surface area (TPSA) is 51.2 Å². The molecule has 0 aliphatic rings. The predicted octanol–water partition coefficient (Wildman–Crippen LogP) is 3.99. The number of aromatic nitrogens is 1. The largest absolute Gasteiger partial charge is 0.489 e. The summed E-state index contributed by atoms with van der Waals surface area (Å²) in [6, 6.07) is 23.3.